The fraction of sp³-hybridized carbons (Fsp3) is 0.167. The van der Waals surface area contributed by atoms with Crippen molar-refractivity contribution in [3.63, 3.8) is 0 Å². The standard InChI is InChI=1S/C24H20FNO3S/c1-15-5-10-20(16(2)12-15)21-22(30-14-19-4-3-11-29-19)24(28)26(23(21)27)13-17-6-8-18(25)9-7-17/h3-12H,13-14H2,1-2H3. The van der Waals surface area contributed by atoms with Crippen molar-refractivity contribution in [2.24, 2.45) is 0 Å². The lowest BCUT2D eigenvalue weighted by Gasteiger charge is -2.15. The van der Waals surface area contributed by atoms with Crippen LogP contribution in [0.1, 0.15) is 28.0 Å². The first kappa shape index (κ1) is 20.2. The summed E-state index contributed by atoms with van der Waals surface area (Å²) in [5, 5.41) is 0. The number of amides is 2. The highest BCUT2D eigenvalue weighted by atomic mass is 32.2. The van der Waals surface area contributed by atoms with E-state index in [-0.39, 0.29) is 24.2 Å². The van der Waals surface area contributed by atoms with Gasteiger partial charge < -0.3 is 4.42 Å². The molecule has 1 aliphatic rings. The SMILES string of the molecule is Cc1ccc(C2=C(SCc3ccco3)C(=O)N(Cc3ccc(F)cc3)C2=O)c(C)c1. The van der Waals surface area contributed by atoms with Crippen LogP contribution in [0.25, 0.3) is 5.57 Å². The van der Waals surface area contributed by atoms with Crippen LogP contribution in [0.5, 0.6) is 0 Å². The summed E-state index contributed by atoms with van der Waals surface area (Å²) in [4.78, 5) is 28.2. The number of aryl methyl sites for hydroxylation is 2. The number of imide groups is 1. The summed E-state index contributed by atoms with van der Waals surface area (Å²) in [6, 6.07) is 15.3. The fourth-order valence-corrected chi connectivity index (χ4v) is 4.50. The van der Waals surface area contributed by atoms with E-state index in [0.717, 1.165) is 22.5 Å². The quantitative estimate of drug-likeness (QED) is 0.510. The van der Waals surface area contributed by atoms with E-state index in [1.807, 2.05) is 38.1 Å². The van der Waals surface area contributed by atoms with Crippen LogP contribution in [0.2, 0.25) is 0 Å². The Balaban J connectivity index is 1.70. The second-order valence-electron chi connectivity index (χ2n) is 7.21. The predicted molar refractivity (Wildman–Crippen MR) is 115 cm³/mol. The molecule has 0 saturated carbocycles. The Bertz CT molecular complexity index is 1130. The Morgan fingerprint density at radius 1 is 1.00 bits per heavy atom. The van der Waals surface area contributed by atoms with Gasteiger partial charge in [-0.2, -0.15) is 0 Å². The van der Waals surface area contributed by atoms with E-state index in [2.05, 4.69) is 0 Å². The molecular weight excluding hydrogens is 401 g/mol. The summed E-state index contributed by atoms with van der Waals surface area (Å²) in [6.45, 7) is 4.02. The van der Waals surface area contributed by atoms with E-state index >= 15 is 0 Å². The molecule has 0 radical (unpaired) electrons. The lowest BCUT2D eigenvalue weighted by molar-refractivity contribution is -0.137. The van der Waals surface area contributed by atoms with Crippen LogP contribution in [0.4, 0.5) is 4.39 Å². The van der Waals surface area contributed by atoms with Crippen molar-refractivity contribution >= 4 is 29.1 Å². The molecule has 4 rings (SSSR count). The Morgan fingerprint density at radius 3 is 2.43 bits per heavy atom. The van der Waals surface area contributed by atoms with Crippen molar-refractivity contribution in [3.8, 4) is 0 Å². The molecule has 0 saturated heterocycles. The first-order valence-electron chi connectivity index (χ1n) is 9.52. The van der Waals surface area contributed by atoms with E-state index in [0.29, 0.717) is 21.8 Å². The van der Waals surface area contributed by atoms with Crippen LogP contribution < -0.4 is 0 Å². The number of nitrogens with zero attached hydrogens (tertiary/aromatic N) is 1. The maximum Gasteiger partial charge on any atom is 0.268 e. The zero-order valence-corrected chi connectivity index (χ0v) is 17.5. The number of carbonyl (C=O) groups is 2. The van der Waals surface area contributed by atoms with Crippen molar-refractivity contribution < 1.29 is 18.4 Å². The van der Waals surface area contributed by atoms with E-state index in [4.69, 9.17) is 4.42 Å². The summed E-state index contributed by atoms with van der Waals surface area (Å²) in [6.07, 6.45) is 1.58. The lowest BCUT2D eigenvalue weighted by Crippen LogP contribution is -2.31. The Morgan fingerprint density at radius 2 is 1.77 bits per heavy atom. The third kappa shape index (κ3) is 3.96. The van der Waals surface area contributed by atoms with Gasteiger partial charge >= 0.3 is 0 Å². The monoisotopic (exact) mass is 421 g/mol. The van der Waals surface area contributed by atoms with Gasteiger partial charge in [-0.05, 0) is 54.8 Å². The predicted octanol–water partition coefficient (Wildman–Crippen LogP) is 5.25. The summed E-state index contributed by atoms with van der Waals surface area (Å²) >= 11 is 1.30. The number of thioether (sulfide) groups is 1. The van der Waals surface area contributed by atoms with E-state index in [1.54, 1.807) is 24.5 Å². The summed E-state index contributed by atoms with van der Waals surface area (Å²) in [7, 11) is 0. The first-order chi connectivity index (χ1) is 14.4. The second-order valence-corrected chi connectivity index (χ2v) is 8.20. The van der Waals surface area contributed by atoms with Crippen LogP contribution in [-0.4, -0.2) is 16.7 Å². The van der Waals surface area contributed by atoms with Gasteiger partial charge in [0.15, 0.2) is 0 Å². The van der Waals surface area contributed by atoms with Gasteiger partial charge in [-0.1, -0.05) is 35.9 Å². The maximum absolute atomic E-state index is 13.3. The number of furan rings is 1. The number of carbonyl (C=O) groups excluding carboxylic acids is 2. The average molecular weight is 421 g/mol. The largest absolute Gasteiger partial charge is 0.468 e. The molecule has 152 valence electrons. The minimum Gasteiger partial charge on any atom is -0.468 e. The molecule has 2 aromatic carbocycles. The molecule has 1 aliphatic heterocycles. The summed E-state index contributed by atoms with van der Waals surface area (Å²) < 4.78 is 18.6. The Labute approximate surface area is 178 Å². The maximum atomic E-state index is 13.3. The highest BCUT2D eigenvalue weighted by Crippen LogP contribution is 2.39. The van der Waals surface area contributed by atoms with E-state index < -0.39 is 0 Å². The molecule has 2 amide bonds. The van der Waals surface area contributed by atoms with E-state index in [9.17, 15) is 14.0 Å². The van der Waals surface area contributed by atoms with Crippen molar-refractivity contribution in [1.82, 2.24) is 4.90 Å². The molecule has 0 bridgehead atoms. The van der Waals surface area contributed by atoms with Gasteiger partial charge in [-0.15, -0.1) is 11.8 Å². The summed E-state index contributed by atoms with van der Waals surface area (Å²) in [5.41, 5.74) is 3.88. The Kier molecular flexibility index (Phi) is 5.59. The minimum atomic E-state index is -0.360. The van der Waals surface area contributed by atoms with Crippen LogP contribution in [0.3, 0.4) is 0 Å². The minimum absolute atomic E-state index is 0.0944. The molecule has 0 spiro atoms. The summed E-state index contributed by atoms with van der Waals surface area (Å²) in [5.74, 6) is 0.139. The highest BCUT2D eigenvalue weighted by molar-refractivity contribution is 8.03. The van der Waals surface area contributed by atoms with Crippen LogP contribution in [-0.2, 0) is 21.9 Å². The average Bonchev–Trinajstić information content (AvgIpc) is 3.31. The van der Waals surface area contributed by atoms with Crippen LogP contribution in [0.15, 0.2) is 70.2 Å². The zero-order valence-electron chi connectivity index (χ0n) is 16.6. The topological polar surface area (TPSA) is 50.5 Å². The van der Waals surface area contributed by atoms with Gasteiger partial charge in [0.25, 0.3) is 11.8 Å². The molecule has 0 atom stereocenters. The Hall–Kier alpha value is -3.12. The van der Waals surface area contributed by atoms with Crippen molar-refractivity contribution in [1.29, 1.82) is 0 Å². The van der Waals surface area contributed by atoms with Gasteiger partial charge in [0.05, 0.1) is 29.0 Å². The first-order valence-corrected chi connectivity index (χ1v) is 10.5. The van der Waals surface area contributed by atoms with Gasteiger partial charge in [0.2, 0.25) is 0 Å². The molecule has 2 heterocycles. The van der Waals surface area contributed by atoms with Gasteiger partial charge in [-0.25, -0.2) is 4.39 Å². The van der Waals surface area contributed by atoms with Crippen molar-refractivity contribution in [3.05, 3.63) is 99.6 Å². The van der Waals surface area contributed by atoms with Crippen LogP contribution in [0, 0.1) is 19.7 Å². The number of halogens is 1. The number of rotatable bonds is 6. The molecule has 0 aliphatic carbocycles. The van der Waals surface area contributed by atoms with Gasteiger partial charge in [0, 0.05) is 0 Å². The third-order valence-corrected chi connectivity index (χ3v) is 6.07. The normalized spacial score (nSPS) is 14.2. The highest BCUT2D eigenvalue weighted by Gasteiger charge is 2.39. The van der Waals surface area contributed by atoms with Gasteiger partial charge in [0.1, 0.15) is 11.6 Å². The molecule has 3 aromatic rings. The zero-order chi connectivity index (χ0) is 21.3. The molecule has 4 nitrogen and oxygen atoms in total. The van der Waals surface area contributed by atoms with Gasteiger partial charge in [-0.3, -0.25) is 14.5 Å². The smallest absolute Gasteiger partial charge is 0.268 e. The fourth-order valence-electron chi connectivity index (χ4n) is 3.47. The third-order valence-electron chi connectivity index (χ3n) is 4.97. The number of hydrogen-bond donors (Lipinski definition) is 0. The number of benzene rings is 2. The molecule has 0 unspecified atom stereocenters. The lowest BCUT2D eigenvalue weighted by atomic mass is 9.99. The molecule has 30 heavy (non-hydrogen) atoms. The van der Waals surface area contributed by atoms with Crippen LogP contribution >= 0.6 is 11.8 Å². The van der Waals surface area contributed by atoms with E-state index in [1.165, 1.54) is 28.8 Å². The molecule has 0 N–H and O–H groups in total. The number of hydrogen-bond acceptors (Lipinski definition) is 4. The molecule has 0 fully saturated rings. The molecule has 1 aromatic heterocycles. The molecular formula is C24H20FNO3S. The van der Waals surface area contributed by atoms with Crippen molar-refractivity contribution in [2.75, 3.05) is 0 Å². The second kappa shape index (κ2) is 8.32. The van der Waals surface area contributed by atoms with Crippen molar-refractivity contribution in [2.45, 2.75) is 26.1 Å². The molecule has 6 heteroatoms.